The Balaban J connectivity index is 1.64. The van der Waals surface area contributed by atoms with Crippen molar-refractivity contribution in [2.24, 2.45) is 0 Å². The van der Waals surface area contributed by atoms with Crippen LogP contribution < -0.4 is 10.6 Å². The predicted octanol–water partition coefficient (Wildman–Crippen LogP) is 2.53. The Labute approximate surface area is 148 Å². The van der Waals surface area contributed by atoms with Crippen LogP contribution in [0.1, 0.15) is 12.7 Å². The molecule has 0 aliphatic heterocycles. The third kappa shape index (κ3) is 3.73. The summed E-state index contributed by atoms with van der Waals surface area (Å²) in [6.45, 7) is 1.20. The summed E-state index contributed by atoms with van der Waals surface area (Å²) in [5, 5.41) is 15.9. The summed E-state index contributed by atoms with van der Waals surface area (Å²) < 4.78 is 19.1. The van der Waals surface area contributed by atoms with Gasteiger partial charge in [0, 0.05) is 5.39 Å². The van der Waals surface area contributed by atoms with E-state index in [1.54, 1.807) is 18.2 Å². The molecule has 3 aromatic rings. The molecule has 0 aliphatic rings. The molecule has 3 rings (SSSR count). The third-order valence-corrected chi connectivity index (χ3v) is 3.88. The van der Waals surface area contributed by atoms with Crippen molar-refractivity contribution < 1.29 is 23.5 Å². The van der Waals surface area contributed by atoms with E-state index in [1.807, 2.05) is 12.1 Å². The third-order valence-electron chi connectivity index (χ3n) is 3.88. The van der Waals surface area contributed by atoms with Crippen LogP contribution in [0.25, 0.3) is 11.0 Å². The number of halogens is 1. The summed E-state index contributed by atoms with van der Waals surface area (Å²) in [6, 6.07) is 14.4. The van der Waals surface area contributed by atoms with Crippen LogP contribution in [0.15, 0.2) is 59.0 Å². The lowest BCUT2D eigenvalue weighted by atomic mass is 10.0. The number of hydrogen-bond acceptors (Lipinski definition) is 4. The molecule has 0 bridgehead atoms. The van der Waals surface area contributed by atoms with Gasteiger partial charge in [-0.1, -0.05) is 30.3 Å². The number of amides is 2. The summed E-state index contributed by atoms with van der Waals surface area (Å²) in [4.78, 5) is 23.8. The lowest BCUT2D eigenvalue weighted by Crippen LogP contribution is -2.43. The van der Waals surface area contributed by atoms with Crippen LogP contribution in [0.2, 0.25) is 0 Å². The van der Waals surface area contributed by atoms with Gasteiger partial charge in [-0.25, -0.2) is 4.39 Å². The van der Waals surface area contributed by atoms with E-state index in [0.29, 0.717) is 5.58 Å². The average Bonchev–Trinajstić information content (AvgIpc) is 3.07. The van der Waals surface area contributed by atoms with Gasteiger partial charge in [0.15, 0.2) is 0 Å². The molecular weight excluding hydrogens is 339 g/mol. The van der Waals surface area contributed by atoms with Crippen molar-refractivity contribution in [1.82, 2.24) is 5.32 Å². The van der Waals surface area contributed by atoms with Gasteiger partial charge < -0.3 is 20.2 Å². The smallest absolute Gasteiger partial charge is 0.313 e. The molecular formula is C19H17FN2O4. The number of carbonyl (C=O) groups excluding carboxylic acids is 2. The molecule has 0 saturated heterocycles. The van der Waals surface area contributed by atoms with E-state index in [9.17, 15) is 19.1 Å². The first-order chi connectivity index (χ1) is 12.4. The molecule has 134 valence electrons. The van der Waals surface area contributed by atoms with E-state index in [4.69, 9.17) is 4.42 Å². The molecule has 0 fully saturated rings. The van der Waals surface area contributed by atoms with E-state index >= 15 is 0 Å². The Kier molecular flexibility index (Phi) is 4.73. The second kappa shape index (κ2) is 6.97. The largest absolute Gasteiger partial charge is 0.458 e. The zero-order valence-electron chi connectivity index (χ0n) is 14.0. The highest BCUT2D eigenvalue weighted by atomic mass is 19.1. The zero-order chi connectivity index (χ0) is 18.7. The van der Waals surface area contributed by atoms with Crippen molar-refractivity contribution in [3.8, 4) is 0 Å². The Bertz CT molecular complexity index is 932. The fourth-order valence-electron chi connectivity index (χ4n) is 2.41. The molecule has 0 aliphatic carbocycles. The molecule has 2 aromatic carbocycles. The van der Waals surface area contributed by atoms with Crippen molar-refractivity contribution in [2.45, 2.75) is 12.5 Å². The van der Waals surface area contributed by atoms with Crippen molar-refractivity contribution in [3.05, 3.63) is 66.2 Å². The molecule has 1 heterocycles. The zero-order valence-corrected chi connectivity index (χ0v) is 14.0. The second-order valence-corrected chi connectivity index (χ2v) is 6.04. The molecule has 1 unspecified atom stereocenters. The van der Waals surface area contributed by atoms with E-state index in [0.717, 1.165) is 5.39 Å². The molecule has 2 amide bonds. The molecule has 1 aromatic heterocycles. The summed E-state index contributed by atoms with van der Waals surface area (Å²) in [6.07, 6.45) is 0. The van der Waals surface area contributed by atoms with E-state index in [-0.39, 0.29) is 18.0 Å². The van der Waals surface area contributed by atoms with Crippen LogP contribution in [0, 0.1) is 5.82 Å². The number of anilines is 1. The first kappa shape index (κ1) is 17.6. The number of benzene rings is 2. The topological polar surface area (TPSA) is 91.6 Å². The van der Waals surface area contributed by atoms with Crippen molar-refractivity contribution in [3.63, 3.8) is 0 Å². The Morgan fingerprint density at radius 1 is 1.12 bits per heavy atom. The van der Waals surface area contributed by atoms with Gasteiger partial charge in [-0.15, -0.1) is 0 Å². The van der Waals surface area contributed by atoms with E-state index < -0.39 is 23.2 Å². The van der Waals surface area contributed by atoms with Crippen molar-refractivity contribution in [2.75, 3.05) is 11.9 Å². The molecule has 26 heavy (non-hydrogen) atoms. The fraction of sp³-hybridized carbons (Fsp3) is 0.158. The lowest BCUT2D eigenvalue weighted by molar-refractivity contribution is -0.136. The second-order valence-electron chi connectivity index (χ2n) is 6.04. The number of rotatable bonds is 4. The van der Waals surface area contributed by atoms with E-state index in [2.05, 4.69) is 10.6 Å². The molecule has 7 heteroatoms. The number of furan rings is 1. The Hall–Kier alpha value is -3.19. The Morgan fingerprint density at radius 3 is 2.54 bits per heavy atom. The first-order valence-corrected chi connectivity index (χ1v) is 7.92. The maximum absolute atomic E-state index is 13.5. The summed E-state index contributed by atoms with van der Waals surface area (Å²) in [5.41, 5.74) is -1.02. The van der Waals surface area contributed by atoms with Crippen LogP contribution >= 0.6 is 0 Å². The normalized spacial score (nSPS) is 13.2. The standard InChI is InChI=1S/C19H17FN2O4/c1-19(25,16-10-12-6-2-5-9-15(12)26-16)11-21-17(23)18(24)22-14-8-4-3-7-13(14)20/h2-10,25H,11H2,1H3,(H,21,23)(H,22,24). The SMILES string of the molecule is CC(O)(CNC(=O)C(=O)Nc1ccccc1F)c1cc2ccccc2o1. The first-order valence-electron chi connectivity index (χ1n) is 7.92. The average molecular weight is 356 g/mol. The minimum absolute atomic E-state index is 0.100. The van der Waals surface area contributed by atoms with Gasteiger partial charge in [-0.3, -0.25) is 9.59 Å². The van der Waals surface area contributed by atoms with Gasteiger partial charge >= 0.3 is 11.8 Å². The van der Waals surface area contributed by atoms with Gasteiger partial charge in [-0.05, 0) is 31.2 Å². The van der Waals surface area contributed by atoms with Crippen molar-refractivity contribution >= 4 is 28.5 Å². The maximum Gasteiger partial charge on any atom is 0.313 e. The molecule has 1 atom stereocenters. The van der Waals surface area contributed by atoms with Gasteiger partial charge in [0.2, 0.25) is 0 Å². The highest BCUT2D eigenvalue weighted by molar-refractivity contribution is 6.39. The number of carbonyl (C=O) groups is 2. The number of aliphatic hydroxyl groups is 1. The van der Waals surface area contributed by atoms with Gasteiger partial charge in [0.25, 0.3) is 0 Å². The van der Waals surface area contributed by atoms with Crippen LogP contribution in [0.4, 0.5) is 10.1 Å². The monoisotopic (exact) mass is 356 g/mol. The van der Waals surface area contributed by atoms with Crippen LogP contribution in [0.3, 0.4) is 0 Å². The quantitative estimate of drug-likeness (QED) is 0.627. The van der Waals surface area contributed by atoms with Crippen molar-refractivity contribution in [1.29, 1.82) is 0 Å². The minimum atomic E-state index is -1.52. The minimum Gasteiger partial charge on any atom is -0.458 e. The molecule has 0 saturated carbocycles. The Morgan fingerprint density at radius 2 is 1.81 bits per heavy atom. The number of nitrogens with one attached hydrogen (secondary N) is 2. The molecule has 3 N–H and O–H groups in total. The highest BCUT2D eigenvalue weighted by Gasteiger charge is 2.29. The van der Waals surface area contributed by atoms with Crippen LogP contribution in [0.5, 0.6) is 0 Å². The number of fused-ring (bicyclic) bond motifs is 1. The maximum atomic E-state index is 13.5. The van der Waals surface area contributed by atoms with Crippen LogP contribution in [-0.2, 0) is 15.2 Å². The van der Waals surface area contributed by atoms with Crippen LogP contribution in [-0.4, -0.2) is 23.5 Å². The predicted molar refractivity (Wildman–Crippen MR) is 93.8 cm³/mol. The number of hydrogen-bond donors (Lipinski definition) is 3. The lowest BCUT2D eigenvalue weighted by Gasteiger charge is -2.20. The molecule has 6 nitrogen and oxygen atoms in total. The fourth-order valence-corrected chi connectivity index (χ4v) is 2.41. The van der Waals surface area contributed by atoms with Gasteiger partial charge in [0.05, 0.1) is 12.2 Å². The van der Waals surface area contributed by atoms with E-state index in [1.165, 1.54) is 31.2 Å². The van der Waals surface area contributed by atoms with Gasteiger partial charge in [-0.2, -0.15) is 0 Å². The number of para-hydroxylation sites is 2. The molecule has 0 spiro atoms. The molecule has 0 radical (unpaired) electrons. The summed E-state index contributed by atoms with van der Waals surface area (Å²) in [5.74, 6) is -2.42. The van der Waals surface area contributed by atoms with Gasteiger partial charge in [0.1, 0.15) is 22.8 Å². The summed E-state index contributed by atoms with van der Waals surface area (Å²) in [7, 11) is 0. The highest BCUT2D eigenvalue weighted by Crippen LogP contribution is 2.27. The summed E-state index contributed by atoms with van der Waals surface area (Å²) >= 11 is 0.